The van der Waals surface area contributed by atoms with Crippen LogP contribution >= 0.6 is 0 Å². The first-order chi connectivity index (χ1) is 18.5. The van der Waals surface area contributed by atoms with Gasteiger partial charge in [0.25, 0.3) is 0 Å². The molecule has 4 heteroatoms. The predicted octanol–water partition coefficient (Wildman–Crippen LogP) is 7.92. The molecule has 12 atom stereocenters. The second-order valence-electron chi connectivity index (χ2n) is 17.1. The van der Waals surface area contributed by atoms with Crippen LogP contribution in [0.4, 0.5) is 0 Å². The number of ether oxygens (including phenoxy) is 1. The number of aliphatic hydroxyl groups excluding tert-OH is 1. The van der Waals surface area contributed by atoms with Gasteiger partial charge in [-0.25, -0.2) is 0 Å². The number of rotatable bonds is 2. The summed E-state index contributed by atoms with van der Waals surface area (Å²) in [5, 5.41) is 11.1. The van der Waals surface area contributed by atoms with Gasteiger partial charge in [-0.3, -0.25) is 9.59 Å². The molecule has 1 N–H and O–H groups in total. The lowest BCUT2D eigenvalue weighted by molar-refractivity contribution is -0.273. The molecule has 0 aromatic carbocycles. The number of esters is 1. The molecule has 0 amide bonds. The van der Waals surface area contributed by atoms with Crippen molar-refractivity contribution >= 4 is 11.8 Å². The van der Waals surface area contributed by atoms with Crippen molar-refractivity contribution in [3.05, 3.63) is 12.2 Å². The Hall–Kier alpha value is -1.16. The number of hydrogen-bond donors (Lipinski definition) is 1. The number of carbonyl (C=O) groups excluding carboxylic acids is 2. The Morgan fingerprint density at radius 3 is 2.25 bits per heavy atom. The highest BCUT2D eigenvalue weighted by molar-refractivity contribution is 5.95. The normalized spacial score (nSPS) is 55.4. The van der Waals surface area contributed by atoms with E-state index in [-0.39, 0.29) is 57.3 Å². The maximum Gasteiger partial charge on any atom is 0.307 e. The molecule has 1 heterocycles. The first-order valence-corrected chi connectivity index (χ1v) is 16.6. The van der Waals surface area contributed by atoms with E-state index in [2.05, 4.69) is 55.0 Å². The number of aliphatic hydroxyl groups is 1. The summed E-state index contributed by atoms with van der Waals surface area (Å²) in [6, 6.07) is 0. The second-order valence-corrected chi connectivity index (χ2v) is 17.1. The average Bonchev–Trinajstić information content (AvgIpc) is 3.28. The quantitative estimate of drug-likeness (QED) is 0.279. The Kier molecular flexibility index (Phi) is 6.29. The Morgan fingerprint density at radius 1 is 0.875 bits per heavy atom. The molecule has 4 nitrogen and oxygen atoms in total. The number of carbonyl (C=O) groups is 2. The minimum Gasteiger partial charge on any atom is -0.451 e. The minimum atomic E-state index is -1.04. The highest BCUT2D eigenvalue weighted by atomic mass is 16.6. The van der Waals surface area contributed by atoms with E-state index in [0.717, 1.165) is 32.1 Å². The van der Waals surface area contributed by atoms with Gasteiger partial charge in [-0.1, -0.05) is 53.7 Å². The van der Waals surface area contributed by atoms with Crippen molar-refractivity contribution in [3.8, 4) is 0 Å². The molecule has 224 valence electrons. The highest BCUT2D eigenvalue weighted by Gasteiger charge is 2.76. The molecule has 5 aliphatic carbocycles. The fourth-order valence-corrected chi connectivity index (χ4v) is 13.8. The lowest BCUT2D eigenvalue weighted by Crippen LogP contribution is -2.71. The van der Waals surface area contributed by atoms with Crippen molar-refractivity contribution in [2.75, 3.05) is 0 Å². The molecule has 5 saturated carbocycles. The molecule has 2 unspecified atom stereocenters. The highest BCUT2D eigenvalue weighted by Crippen LogP contribution is 2.79. The van der Waals surface area contributed by atoms with E-state index in [9.17, 15) is 14.7 Å². The molecule has 0 spiro atoms. The van der Waals surface area contributed by atoms with Crippen LogP contribution in [0.5, 0.6) is 0 Å². The van der Waals surface area contributed by atoms with E-state index in [1.54, 1.807) is 0 Å². The summed E-state index contributed by atoms with van der Waals surface area (Å²) < 4.78 is 6.25. The van der Waals surface area contributed by atoms with E-state index in [1.807, 2.05) is 6.92 Å². The zero-order valence-electron chi connectivity index (χ0n) is 26.7. The summed E-state index contributed by atoms with van der Waals surface area (Å²) in [5.41, 5.74) is 0.429. The molecule has 0 bridgehead atoms. The zero-order chi connectivity index (χ0) is 29.3. The van der Waals surface area contributed by atoms with Crippen LogP contribution in [0.25, 0.3) is 0 Å². The van der Waals surface area contributed by atoms with E-state index < -0.39 is 5.60 Å². The van der Waals surface area contributed by atoms with Gasteiger partial charge in [0, 0.05) is 11.8 Å². The summed E-state index contributed by atoms with van der Waals surface area (Å²) in [6.07, 6.45) is 10.3. The standard InChI is InChI=1S/C36H56O4/c1-21(2)23-14-19-36(35(9)28(38)12-13-29(39)40-35)22(3)20-34(8)24(30(23)36)10-11-26-32(6)17-16-27(37)31(4,5)25(32)15-18-33(26,34)7/h22-27,30,37H,1,10-20H2,2-9H3/t22?,23-,24+,25-,26+,27-,30+,32-,33+,34+,35?,36-/m0/s1. The average molecular weight is 553 g/mol. The Bertz CT molecular complexity index is 1120. The summed E-state index contributed by atoms with van der Waals surface area (Å²) in [7, 11) is 0. The van der Waals surface area contributed by atoms with E-state index in [0.29, 0.717) is 36.0 Å². The van der Waals surface area contributed by atoms with Gasteiger partial charge in [0.1, 0.15) is 0 Å². The smallest absolute Gasteiger partial charge is 0.307 e. The van der Waals surface area contributed by atoms with Crippen LogP contribution in [0, 0.1) is 62.6 Å². The lowest BCUT2D eigenvalue weighted by atomic mass is 9.30. The number of hydrogen-bond acceptors (Lipinski definition) is 4. The van der Waals surface area contributed by atoms with Gasteiger partial charge >= 0.3 is 5.97 Å². The van der Waals surface area contributed by atoms with Gasteiger partial charge < -0.3 is 9.84 Å². The molecule has 40 heavy (non-hydrogen) atoms. The van der Waals surface area contributed by atoms with E-state index in [1.165, 1.54) is 31.3 Å². The lowest BCUT2D eigenvalue weighted by Gasteiger charge is -2.74. The van der Waals surface area contributed by atoms with Gasteiger partial charge in [-0.2, -0.15) is 0 Å². The molecular formula is C36H56O4. The monoisotopic (exact) mass is 552 g/mol. The predicted molar refractivity (Wildman–Crippen MR) is 158 cm³/mol. The third-order valence-corrected chi connectivity index (χ3v) is 15.8. The SMILES string of the molecule is C=C(C)[C@@H]1CC[C@]2(C3(C)OC(=O)CCC3=O)C(C)C[C@]3(C)[C@H](CC[C@@H]4[C@@]5(C)CC[C@H](O)C(C)(C)[C@@H]5CC[C@]43C)[C@@H]12. The maximum atomic E-state index is 13.8. The first kappa shape index (κ1) is 28.9. The van der Waals surface area contributed by atoms with Crippen molar-refractivity contribution in [1.82, 2.24) is 0 Å². The Balaban J connectivity index is 1.46. The van der Waals surface area contributed by atoms with Crippen LogP contribution < -0.4 is 0 Å². The third-order valence-electron chi connectivity index (χ3n) is 15.8. The Morgan fingerprint density at radius 2 is 1.57 bits per heavy atom. The molecule has 1 aliphatic heterocycles. The van der Waals surface area contributed by atoms with Crippen molar-refractivity contribution < 1.29 is 19.4 Å². The molecule has 0 aromatic rings. The van der Waals surface area contributed by atoms with Crippen molar-refractivity contribution in [2.24, 2.45) is 62.6 Å². The fraction of sp³-hybridized carbons (Fsp3) is 0.889. The molecule has 0 radical (unpaired) electrons. The zero-order valence-corrected chi connectivity index (χ0v) is 26.7. The number of Topliss-reactive ketones (excluding diaryl/α,β-unsaturated/α-hetero) is 1. The molecule has 6 fully saturated rings. The second kappa shape index (κ2) is 8.70. The van der Waals surface area contributed by atoms with Crippen molar-refractivity contribution in [2.45, 2.75) is 138 Å². The van der Waals surface area contributed by atoms with Gasteiger partial charge in [-0.05, 0) is 129 Å². The first-order valence-electron chi connectivity index (χ1n) is 16.6. The van der Waals surface area contributed by atoms with Crippen molar-refractivity contribution in [3.63, 3.8) is 0 Å². The largest absolute Gasteiger partial charge is 0.451 e. The minimum absolute atomic E-state index is 0.0442. The third kappa shape index (κ3) is 3.24. The summed E-state index contributed by atoms with van der Waals surface area (Å²) in [6.45, 7) is 23.6. The van der Waals surface area contributed by atoms with E-state index in [4.69, 9.17) is 4.74 Å². The van der Waals surface area contributed by atoms with E-state index >= 15 is 0 Å². The van der Waals surface area contributed by atoms with Crippen LogP contribution in [-0.2, 0) is 14.3 Å². The summed E-state index contributed by atoms with van der Waals surface area (Å²) >= 11 is 0. The van der Waals surface area contributed by atoms with Gasteiger partial charge in [-0.15, -0.1) is 0 Å². The molecule has 1 saturated heterocycles. The number of allylic oxidation sites excluding steroid dienone is 1. The Labute approximate surface area is 243 Å². The molecule has 6 aliphatic rings. The van der Waals surface area contributed by atoms with Gasteiger partial charge in [0.2, 0.25) is 0 Å². The maximum absolute atomic E-state index is 13.8. The topological polar surface area (TPSA) is 63.6 Å². The van der Waals surface area contributed by atoms with Crippen molar-refractivity contribution in [1.29, 1.82) is 0 Å². The van der Waals surface area contributed by atoms with Gasteiger partial charge in [0.05, 0.1) is 12.5 Å². The molecular weight excluding hydrogens is 496 g/mol. The molecule has 6 rings (SSSR count). The number of ketones is 1. The van der Waals surface area contributed by atoms with Crippen LogP contribution in [0.2, 0.25) is 0 Å². The summed E-state index contributed by atoms with van der Waals surface area (Å²) in [4.78, 5) is 26.6. The summed E-state index contributed by atoms with van der Waals surface area (Å²) in [5.74, 6) is 2.59. The van der Waals surface area contributed by atoms with Gasteiger partial charge in [0.15, 0.2) is 11.4 Å². The van der Waals surface area contributed by atoms with Crippen LogP contribution in [-0.4, -0.2) is 28.6 Å². The molecule has 0 aromatic heterocycles. The fourth-order valence-electron chi connectivity index (χ4n) is 13.8. The number of fused-ring (bicyclic) bond motifs is 7. The van der Waals surface area contributed by atoms with Crippen LogP contribution in [0.1, 0.15) is 126 Å². The van der Waals surface area contributed by atoms with Crippen LogP contribution in [0.15, 0.2) is 12.2 Å². The van der Waals surface area contributed by atoms with Crippen LogP contribution in [0.3, 0.4) is 0 Å². The number of cyclic esters (lactones) is 1.